The van der Waals surface area contributed by atoms with Gasteiger partial charge >= 0.3 is 0 Å². The minimum Gasteiger partial charge on any atom is -0.332 e. The van der Waals surface area contributed by atoms with Gasteiger partial charge in [-0.25, -0.2) is 8.42 Å². The van der Waals surface area contributed by atoms with Crippen LogP contribution in [0.5, 0.6) is 0 Å². The van der Waals surface area contributed by atoms with Crippen LogP contribution in [0.4, 0.5) is 5.69 Å². The Kier molecular flexibility index (Phi) is 7.74. The molecule has 0 heterocycles. The van der Waals surface area contributed by atoms with Crippen molar-refractivity contribution in [3.8, 4) is 11.1 Å². The highest BCUT2D eigenvalue weighted by Gasteiger charge is 2.21. The van der Waals surface area contributed by atoms with Crippen LogP contribution in [0, 0.1) is 0 Å². The molecule has 0 aliphatic carbocycles. The van der Waals surface area contributed by atoms with E-state index in [-0.39, 0.29) is 15.9 Å². The summed E-state index contributed by atoms with van der Waals surface area (Å²) in [4.78, 5) is 12.7. The number of anilines is 1. The van der Waals surface area contributed by atoms with Gasteiger partial charge in [0.15, 0.2) is 5.11 Å². The number of nitrogens with one attached hydrogen (secondary N) is 2. The highest BCUT2D eigenvalue weighted by Crippen LogP contribution is 2.20. The Morgan fingerprint density at radius 1 is 0.844 bits per heavy atom. The van der Waals surface area contributed by atoms with E-state index in [4.69, 9.17) is 12.2 Å². The molecule has 2 N–H and O–H groups in total. The van der Waals surface area contributed by atoms with Crippen LogP contribution in [-0.4, -0.2) is 36.8 Å². The molecule has 0 aliphatic rings. The molecule has 166 valence electrons. The Morgan fingerprint density at radius 2 is 1.41 bits per heavy atom. The van der Waals surface area contributed by atoms with Gasteiger partial charge in [-0.3, -0.25) is 10.1 Å². The third-order valence-corrected chi connectivity index (χ3v) is 7.20. The number of carbonyl (C=O) groups excluding carboxylic acids is 1. The summed E-state index contributed by atoms with van der Waals surface area (Å²) in [6.07, 6.45) is 0. The second-order valence-corrected chi connectivity index (χ2v) is 9.31. The van der Waals surface area contributed by atoms with E-state index in [1.165, 1.54) is 16.4 Å². The Morgan fingerprint density at radius 3 is 1.97 bits per heavy atom. The van der Waals surface area contributed by atoms with Crippen LogP contribution < -0.4 is 10.6 Å². The second-order valence-electron chi connectivity index (χ2n) is 6.97. The van der Waals surface area contributed by atoms with E-state index in [2.05, 4.69) is 10.6 Å². The molecule has 0 aromatic heterocycles. The maximum Gasteiger partial charge on any atom is 0.257 e. The predicted octanol–water partition coefficient (Wildman–Crippen LogP) is 4.51. The average Bonchev–Trinajstić information content (AvgIpc) is 2.80. The molecule has 0 saturated carbocycles. The van der Waals surface area contributed by atoms with E-state index in [1.54, 1.807) is 38.1 Å². The fourth-order valence-corrected chi connectivity index (χ4v) is 4.87. The number of thiocarbonyl (C=S) groups is 1. The summed E-state index contributed by atoms with van der Waals surface area (Å²) in [5.41, 5.74) is 3.15. The molecule has 32 heavy (non-hydrogen) atoms. The summed E-state index contributed by atoms with van der Waals surface area (Å²) in [5, 5.41) is 5.67. The lowest BCUT2D eigenvalue weighted by Crippen LogP contribution is -2.34. The fraction of sp³-hybridized carbons (Fsp3) is 0.167. The highest BCUT2D eigenvalue weighted by molar-refractivity contribution is 7.89. The molecule has 0 atom stereocenters. The van der Waals surface area contributed by atoms with E-state index in [9.17, 15) is 13.2 Å². The van der Waals surface area contributed by atoms with Crippen molar-refractivity contribution in [3.63, 3.8) is 0 Å². The van der Waals surface area contributed by atoms with Crippen molar-refractivity contribution in [2.75, 3.05) is 18.4 Å². The van der Waals surface area contributed by atoms with E-state index in [0.29, 0.717) is 24.3 Å². The summed E-state index contributed by atoms with van der Waals surface area (Å²) in [6, 6.07) is 23.4. The van der Waals surface area contributed by atoms with Gasteiger partial charge in [0.25, 0.3) is 5.91 Å². The standard InChI is InChI=1S/C24H25N3O3S2/c1-3-27(4-2)32(29,30)22-16-14-21(15-17-22)25-24(31)26-23(28)20-12-10-19(11-13-20)18-8-6-5-7-9-18/h5-17H,3-4H2,1-2H3,(H2,25,26,28,31). The number of hydrogen-bond acceptors (Lipinski definition) is 4. The van der Waals surface area contributed by atoms with Gasteiger partial charge in [0.2, 0.25) is 10.0 Å². The summed E-state index contributed by atoms with van der Waals surface area (Å²) in [5.74, 6) is -0.331. The first kappa shape index (κ1) is 23.6. The number of benzene rings is 3. The molecular weight excluding hydrogens is 442 g/mol. The Bertz CT molecular complexity index is 1170. The second kappa shape index (κ2) is 10.5. The van der Waals surface area contributed by atoms with Gasteiger partial charge in [-0.05, 0) is 59.7 Å². The molecule has 3 aromatic carbocycles. The smallest absolute Gasteiger partial charge is 0.257 e. The van der Waals surface area contributed by atoms with Gasteiger partial charge in [0.1, 0.15) is 0 Å². The number of sulfonamides is 1. The fourth-order valence-electron chi connectivity index (χ4n) is 3.21. The molecule has 0 radical (unpaired) electrons. The molecule has 3 aromatic rings. The van der Waals surface area contributed by atoms with Crippen LogP contribution in [0.3, 0.4) is 0 Å². The molecule has 0 unspecified atom stereocenters. The van der Waals surface area contributed by atoms with E-state index >= 15 is 0 Å². The normalized spacial score (nSPS) is 11.2. The molecule has 0 aliphatic heterocycles. The van der Waals surface area contributed by atoms with Crippen LogP contribution in [-0.2, 0) is 10.0 Å². The molecule has 0 bridgehead atoms. The van der Waals surface area contributed by atoms with Gasteiger partial charge in [-0.2, -0.15) is 4.31 Å². The van der Waals surface area contributed by atoms with Crippen LogP contribution in [0.1, 0.15) is 24.2 Å². The SMILES string of the molecule is CCN(CC)S(=O)(=O)c1ccc(NC(=S)NC(=O)c2ccc(-c3ccccc3)cc2)cc1. The molecule has 0 saturated heterocycles. The van der Waals surface area contributed by atoms with Gasteiger partial charge in [0.05, 0.1) is 4.90 Å². The van der Waals surface area contributed by atoms with Crippen LogP contribution >= 0.6 is 12.2 Å². The van der Waals surface area contributed by atoms with E-state index in [1.807, 2.05) is 42.5 Å². The number of amides is 1. The van der Waals surface area contributed by atoms with Crippen molar-refractivity contribution in [2.45, 2.75) is 18.7 Å². The third kappa shape index (κ3) is 5.59. The first-order valence-corrected chi connectivity index (χ1v) is 12.1. The number of rotatable bonds is 7. The summed E-state index contributed by atoms with van der Waals surface area (Å²) in [6.45, 7) is 4.41. The average molecular weight is 468 g/mol. The molecule has 8 heteroatoms. The van der Waals surface area contributed by atoms with Crippen LogP contribution in [0.25, 0.3) is 11.1 Å². The van der Waals surface area contributed by atoms with Crippen molar-refractivity contribution < 1.29 is 13.2 Å². The lowest BCUT2D eigenvalue weighted by atomic mass is 10.0. The molecule has 6 nitrogen and oxygen atoms in total. The minimum absolute atomic E-state index is 0.126. The molecule has 3 rings (SSSR count). The Hall–Kier alpha value is -3.07. The molecule has 0 spiro atoms. The molecule has 1 amide bonds. The zero-order valence-electron chi connectivity index (χ0n) is 17.9. The monoisotopic (exact) mass is 467 g/mol. The van der Waals surface area contributed by atoms with E-state index in [0.717, 1.165) is 11.1 Å². The lowest BCUT2D eigenvalue weighted by Gasteiger charge is -2.18. The maximum atomic E-state index is 12.6. The van der Waals surface area contributed by atoms with Gasteiger partial charge in [-0.15, -0.1) is 0 Å². The quantitative estimate of drug-likeness (QED) is 0.500. The predicted molar refractivity (Wildman–Crippen MR) is 132 cm³/mol. The van der Waals surface area contributed by atoms with Crippen molar-refractivity contribution in [1.82, 2.24) is 9.62 Å². The number of nitrogens with zero attached hydrogens (tertiary/aromatic N) is 1. The molecular formula is C24H25N3O3S2. The highest BCUT2D eigenvalue weighted by atomic mass is 32.2. The summed E-state index contributed by atoms with van der Waals surface area (Å²) >= 11 is 5.23. The topological polar surface area (TPSA) is 78.5 Å². The third-order valence-electron chi connectivity index (χ3n) is 4.94. The van der Waals surface area contributed by atoms with Crippen molar-refractivity contribution in [1.29, 1.82) is 0 Å². The first-order valence-electron chi connectivity index (χ1n) is 10.2. The summed E-state index contributed by atoms with van der Waals surface area (Å²) < 4.78 is 26.5. The van der Waals surface area contributed by atoms with Crippen molar-refractivity contribution in [3.05, 3.63) is 84.4 Å². The first-order chi connectivity index (χ1) is 15.3. The zero-order valence-corrected chi connectivity index (χ0v) is 19.5. The van der Waals surface area contributed by atoms with Crippen LogP contribution in [0.15, 0.2) is 83.8 Å². The van der Waals surface area contributed by atoms with Gasteiger partial charge < -0.3 is 5.32 Å². The zero-order chi connectivity index (χ0) is 23.1. The number of hydrogen-bond donors (Lipinski definition) is 2. The maximum absolute atomic E-state index is 12.6. The number of carbonyl (C=O) groups is 1. The Balaban J connectivity index is 1.61. The van der Waals surface area contributed by atoms with Gasteiger partial charge in [0, 0.05) is 24.3 Å². The molecule has 0 fully saturated rings. The van der Waals surface area contributed by atoms with Crippen LogP contribution in [0.2, 0.25) is 0 Å². The minimum atomic E-state index is -3.52. The van der Waals surface area contributed by atoms with E-state index < -0.39 is 10.0 Å². The largest absolute Gasteiger partial charge is 0.332 e. The van der Waals surface area contributed by atoms with Crippen molar-refractivity contribution in [2.24, 2.45) is 0 Å². The Labute approximate surface area is 194 Å². The van der Waals surface area contributed by atoms with Crippen molar-refractivity contribution >= 4 is 38.9 Å². The summed E-state index contributed by atoms with van der Waals surface area (Å²) in [7, 11) is -3.52. The van der Waals surface area contributed by atoms with Gasteiger partial charge in [-0.1, -0.05) is 56.3 Å². The lowest BCUT2D eigenvalue weighted by molar-refractivity contribution is 0.0977.